The van der Waals surface area contributed by atoms with Crippen molar-refractivity contribution in [3.63, 3.8) is 0 Å². The topological polar surface area (TPSA) is 39.2 Å². The fraction of sp³-hybridized carbons (Fsp3) is 0.500. The molecule has 0 aliphatic heterocycles. The predicted molar refractivity (Wildman–Crippen MR) is 48.5 cm³/mol. The molecule has 0 spiro atoms. The zero-order valence-electron chi connectivity index (χ0n) is 6.73. The number of hydrogen-bond donors (Lipinski definition) is 1. The highest BCUT2D eigenvalue weighted by atomic mass is 79.9. The molecule has 1 aromatic rings. The van der Waals surface area contributed by atoms with E-state index in [2.05, 4.69) is 29.8 Å². The van der Waals surface area contributed by atoms with Crippen LogP contribution in [-0.4, -0.2) is 6.54 Å². The van der Waals surface area contributed by atoms with Gasteiger partial charge in [0, 0.05) is 12.0 Å². The largest absolute Gasteiger partial charge is 0.454 e. The van der Waals surface area contributed by atoms with Crippen LogP contribution in [0.1, 0.15) is 19.6 Å². The summed E-state index contributed by atoms with van der Waals surface area (Å²) in [5, 5.41) is 0. The number of halogens is 1. The first kappa shape index (κ1) is 8.81. The lowest BCUT2D eigenvalue weighted by atomic mass is 9.91. The van der Waals surface area contributed by atoms with Crippen LogP contribution in [0.3, 0.4) is 0 Å². The smallest absolute Gasteiger partial charge is 0.169 e. The summed E-state index contributed by atoms with van der Waals surface area (Å²) in [4.78, 5) is 0. The first-order valence-electron chi connectivity index (χ1n) is 3.52. The van der Waals surface area contributed by atoms with Crippen molar-refractivity contribution >= 4 is 15.9 Å². The summed E-state index contributed by atoms with van der Waals surface area (Å²) in [7, 11) is 0. The molecule has 1 rings (SSSR count). The van der Waals surface area contributed by atoms with Gasteiger partial charge in [0.1, 0.15) is 5.76 Å². The van der Waals surface area contributed by atoms with E-state index in [9.17, 15) is 0 Å². The van der Waals surface area contributed by atoms with Crippen LogP contribution >= 0.6 is 15.9 Å². The Hall–Kier alpha value is -0.280. The first-order valence-corrected chi connectivity index (χ1v) is 4.31. The minimum atomic E-state index is -0.0635. The fourth-order valence-electron chi connectivity index (χ4n) is 0.779. The Labute approximate surface area is 74.9 Å². The normalized spacial score (nSPS) is 12.0. The maximum absolute atomic E-state index is 5.57. The zero-order chi connectivity index (χ0) is 8.48. The molecule has 0 aliphatic carbocycles. The van der Waals surface area contributed by atoms with Crippen molar-refractivity contribution in [2.45, 2.75) is 19.3 Å². The summed E-state index contributed by atoms with van der Waals surface area (Å²) >= 11 is 3.25. The minimum Gasteiger partial charge on any atom is -0.454 e. The van der Waals surface area contributed by atoms with E-state index in [4.69, 9.17) is 10.2 Å². The second-order valence-electron chi connectivity index (χ2n) is 3.19. The maximum Gasteiger partial charge on any atom is 0.169 e. The number of hydrogen-bond acceptors (Lipinski definition) is 2. The molecule has 0 bridgehead atoms. The van der Waals surface area contributed by atoms with Crippen molar-refractivity contribution in [3.05, 3.63) is 22.6 Å². The average Bonchev–Trinajstić information content (AvgIpc) is 2.36. The average molecular weight is 218 g/mol. The first-order chi connectivity index (χ1) is 5.06. The molecule has 0 atom stereocenters. The molecule has 0 radical (unpaired) electrons. The van der Waals surface area contributed by atoms with Gasteiger partial charge in [-0.1, -0.05) is 13.8 Å². The van der Waals surface area contributed by atoms with Crippen molar-refractivity contribution in [2.24, 2.45) is 5.73 Å². The quantitative estimate of drug-likeness (QED) is 0.826. The summed E-state index contributed by atoms with van der Waals surface area (Å²) in [6.07, 6.45) is 0. The van der Waals surface area contributed by atoms with E-state index in [0.717, 1.165) is 10.4 Å². The van der Waals surface area contributed by atoms with E-state index in [1.165, 1.54) is 0 Å². The summed E-state index contributed by atoms with van der Waals surface area (Å²) in [5.74, 6) is 0.923. The standard InChI is InChI=1S/C8H12BrNO/c1-8(2,5-10)6-3-4-7(9)11-6/h3-4H,5,10H2,1-2H3. The van der Waals surface area contributed by atoms with Gasteiger partial charge in [-0.15, -0.1) is 0 Å². The van der Waals surface area contributed by atoms with Crippen molar-refractivity contribution in [2.75, 3.05) is 6.54 Å². The molecule has 0 saturated carbocycles. The third kappa shape index (κ3) is 1.84. The second kappa shape index (κ2) is 2.99. The van der Waals surface area contributed by atoms with E-state index >= 15 is 0 Å². The lowest BCUT2D eigenvalue weighted by Crippen LogP contribution is -2.27. The van der Waals surface area contributed by atoms with Crippen molar-refractivity contribution in [1.82, 2.24) is 0 Å². The van der Waals surface area contributed by atoms with Crippen LogP contribution in [0.25, 0.3) is 0 Å². The molecule has 0 aliphatic rings. The van der Waals surface area contributed by atoms with Crippen LogP contribution in [0.15, 0.2) is 21.2 Å². The SMILES string of the molecule is CC(C)(CN)c1ccc(Br)o1. The number of nitrogens with two attached hydrogens (primary N) is 1. The van der Waals surface area contributed by atoms with Crippen molar-refractivity contribution < 1.29 is 4.42 Å². The van der Waals surface area contributed by atoms with Gasteiger partial charge in [0.25, 0.3) is 0 Å². The van der Waals surface area contributed by atoms with Gasteiger partial charge in [0.05, 0.1) is 0 Å². The van der Waals surface area contributed by atoms with E-state index < -0.39 is 0 Å². The van der Waals surface area contributed by atoms with E-state index in [-0.39, 0.29) is 5.41 Å². The predicted octanol–water partition coefficient (Wildman–Crippen LogP) is 2.28. The van der Waals surface area contributed by atoms with Crippen LogP contribution in [0.5, 0.6) is 0 Å². The lowest BCUT2D eigenvalue weighted by molar-refractivity contribution is 0.381. The van der Waals surface area contributed by atoms with Gasteiger partial charge in [-0.3, -0.25) is 0 Å². The van der Waals surface area contributed by atoms with Gasteiger partial charge in [-0.2, -0.15) is 0 Å². The molecule has 2 N–H and O–H groups in total. The third-order valence-corrected chi connectivity index (χ3v) is 2.18. The number of rotatable bonds is 2. The highest BCUT2D eigenvalue weighted by Crippen LogP contribution is 2.25. The molecule has 0 amide bonds. The van der Waals surface area contributed by atoms with Gasteiger partial charge in [0.2, 0.25) is 0 Å². The molecule has 1 aromatic heterocycles. The molecule has 0 aromatic carbocycles. The Morgan fingerprint density at radius 1 is 1.55 bits per heavy atom. The molecular weight excluding hydrogens is 206 g/mol. The molecule has 1 heterocycles. The van der Waals surface area contributed by atoms with E-state index in [1.807, 2.05) is 12.1 Å². The highest BCUT2D eigenvalue weighted by molar-refractivity contribution is 9.10. The third-order valence-electron chi connectivity index (χ3n) is 1.75. The molecule has 0 fully saturated rings. The Morgan fingerprint density at radius 3 is 2.55 bits per heavy atom. The summed E-state index contributed by atoms with van der Waals surface area (Å²) in [5.41, 5.74) is 5.51. The molecule has 62 valence electrons. The fourth-order valence-corrected chi connectivity index (χ4v) is 1.09. The lowest BCUT2D eigenvalue weighted by Gasteiger charge is -2.18. The Balaban J connectivity index is 2.92. The van der Waals surface area contributed by atoms with Gasteiger partial charge in [-0.05, 0) is 28.1 Å². The van der Waals surface area contributed by atoms with Crippen LogP contribution in [0.2, 0.25) is 0 Å². The molecule has 0 saturated heterocycles. The van der Waals surface area contributed by atoms with Gasteiger partial charge >= 0.3 is 0 Å². The Bertz CT molecular complexity index is 242. The van der Waals surface area contributed by atoms with Gasteiger partial charge < -0.3 is 10.2 Å². The molecule has 11 heavy (non-hydrogen) atoms. The van der Waals surface area contributed by atoms with E-state index in [1.54, 1.807) is 0 Å². The van der Waals surface area contributed by atoms with Crippen LogP contribution in [0, 0.1) is 0 Å². The van der Waals surface area contributed by atoms with Crippen molar-refractivity contribution in [3.8, 4) is 0 Å². The van der Waals surface area contributed by atoms with Crippen molar-refractivity contribution in [1.29, 1.82) is 0 Å². The molecule has 3 heteroatoms. The summed E-state index contributed by atoms with van der Waals surface area (Å²) in [6, 6.07) is 3.82. The van der Waals surface area contributed by atoms with Crippen LogP contribution < -0.4 is 5.73 Å². The summed E-state index contributed by atoms with van der Waals surface area (Å²) < 4.78 is 6.13. The monoisotopic (exact) mass is 217 g/mol. The molecular formula is C8H12BrNO. The van der Waals surface area contributed by atoms with Gasteiger partial charge in [-0.25, -0.2) is 0 Å². The maximum atomic E-state index is 5.57. The Morgan fingerprint density at radius 2 is 2.18 bits per heavy atom. The second-order valence-corrected chi connectivity index (χ2v) is 3.97. The Kier molecular flexibility index (Phi) is 2.40. The molecule has 2 nitrogen and oxygen atoms in total. The highest BCUT2D eigenvalue weighted by Gasteiger charge is 2.21. The minimum absolute atomic E-state index is 0.0635. The number of furan rings is 1. The molecule has 0 unspecified atom stereocenters. The van der Waals surface area contributed by atoms with E-state index in [0.29, 0.717) is 6.54 Å². The van der Waals surface area contributed by atoms with Crippen LogP contribution in [-0.2, 0) is 5.41 Å². The zero-order valence-corrected chi connectivity index (χ0v) is 8.31. The van der Waals surface area contributed by atoms with Gasteiger partial charge in [0.15, 0.2) is 4.67 Å². The summed E-state index contributed by atoms with van der Waals surface area (Å²) in [6.45, 7) is 4.70. The van der Waals surface area contributed by atoms with Crippen LogP contribution in [0.4, 0.5) is 0 Å².